The molecule has 0 saturated heterocycles. The molecule has 3 aromatic rings. The fourth-order valence-corrected chi connectivity index (χ4v) is 4.30. The average molecular weight is 431 g/mol. The van der Waals surface area contributed by atoms with Crippen LogP contribution in [0.3, 0.4) is 0 Å². The average Bonchev–Trinajstić information content (AvgIpc) is 3.48. The Bertz CT molecular complexity index is 1640. The summed E-state index contributed by atoms with van der Waals surface area (Å²) in [5, 5.41) is 6.11. The van der Waals surface area contributed by atoms with Gasteiger partial charge in [0.05, 0.1) is 20.5 Å². The van der Waals surface area contributed by atoms with Crippen molar-refractivity contribution in [2.75, 3.05) is 0 Å². The van der Waals surface area contributed by atoms with Crippen LogP contribution < -0.4 is 0 Å². The van der Waals surface area contributed by atoms with Crippen molar-refractivity contribution in [3.63, 3.8) is 0 Å². The summed E-state index contributed by atoms with van der Waals surface area (Å²) in [5.41, 5.74) is 1.85. The summed E-state index contributed by atoms with van der Waals surface area (Å²) in [7, 11) is 0. The van der Waals surface area contributed by atoms with Gasteiger partial charge in [-0.25, -0.2) is 0 Å². The van der Waals surface area contributed by atoms with Crippen LogP contribution in [0.4, 0.5) is 0 Å². The summed E-state index contributed by atoms with van der Waals surface area (Å²) < 4.78 is 2.11. The van der Waals surface area contributed by atoms with Gasteiger partial charge in [0.2, 0.25) is 0 Å². The van der Waals surface area contributed by atoms with Crippen molar-refractivity contribution in [2.24, 2.45) is 0 Å². The second kappa shape index (κ2) is 11.7. The molecule has 138 valence electrons. The van der Waals surface area contributed by atoms with Crippen LogP contribution in [0.15, 0.2) is 22.9 Å². The zero-order valence-corrected chi connectivity index (χ0v) is 17.9. The van der Waals surface area contributed by atoms with Gasteiger partial charge in [0.15, 0.2) is 0 Å². The lowest BCUT2D eigenvalue weighted by molar-refractivity contribution is 1.89. The van der Waals surface area contributed by atoms with Gasteiger partial charge in [-0.1, -0.05) is 11.8 Å². The van der Waals surface area contributed by atoms with Crippen molar-refractivity contribution in [3.8, 4) is 119 Å². The molecule has 0 bridgehead atoms. The van der Waals surface area contributed by atoms with Crippen molar-refractivity contribution in [3.05, 3.63) is 34.0 Å². The minimum atomic E-state index is 0.926. The summed E-state index contributed by atoms with van der Waals surface area (Å²) in [4.78, 5) is 0. The Balaban J connectivity index is 2.01. The molecule has 32 heavy (non-hydrogen) atoms. The van der Waals surface area contributed by atoms with Crippen molar-refractivity contribution in [1.29, 1.82) is 0 Å². The molecule has 3 rings (SSSR count). The quantitative estimate of drug-likeness (QED) is 0.471. The van der Waals surface area contributed by atoms with Gasteiger partial charge in [-0.15, -0.1) is 35.5 Å². The summed E-state index contributed by atoms with van der Waals surface area (Å²) in [5.74, 6) is 47.3. The predicted octanol–water partition coefficient (Wildman–Crippen LogP) is 4.11. The first-order valence-corrected chi connectivity index (χ1v) is 10.5. The third-order valence-electron chi connectivity index (χ3n) is 3.59. The SMILES string of the molecule is C#CC#CC#CC#CC#Cc1c2ccsc2c(C#CC#CC#CC#CC#C)c2ccsc12. The molecule has 0 atom stereocenters. The smallest absolute Gasteiger partial charge is 0.0521 e. The van der Waals surface area contributed by atoms with Gasteiger partial charge in [-0.2, -0.15) is 0 Å². The lowest BCUT2D eigenvalue weighted by Crippen LogP contribution is -1.83. The van der Waals surface area contributed by atoms with Gasteiger partial charge in [0.1, 0.15) is 0 Å². The Morgan fingerprint density at radius 2 is 0.812 bits per heavy atom. The molecule has 0 saturated carbocycles. The van der Waals surface area contributed by atoms with Gasteiger partial charge in [-0.05, 0) is 118 Å². The number of rotatable bonds is 0. The molecule has 0 N–H and O–H groups in total. The highest BCUT2D eigenvalue weighted by atomic mass is 32.1. The number of benzene rings is 1. The van der Waals surface area contributed by atoms with E-state index in [-0.39, 0.29) is 0 Å². The number of thiophene rings is 2. The number of terminal acetylenes is 2. The van der Waals surface area contributed by atoms with E-state index in [4.69, 9.17) is 12.8 Å². The Morgan fingerprint density at radius 1 is 0.469 bits per heavy atom. The fraction of sp³-hybridized carbons (Fsp3) is 0. The van der Waals surface area contributed by atoms with E-state index in [2.05, 4.69) is 107 Å². The van der Waals surface area contributed by atoms with E-state index in [1.807, 2.05) is 22.9 Å². The Kier molecular flexibility index (Phi) is 7.82. The zero-order valence-electron chi connectivity index (χ0n) is 16.3. The molecule has 0 aliphatic carbocycles. The molecule has 0 radical (unpaired) electrons. The van der Waals surface area contributed by atoms with Gasteiger partial charge >= 0.3 is 0 Å². The van der Waals surface area contributed by atoms with E-state index in [1.165, 1.54) is 0 Å². The lowest BCUT2D eigenvalue weighted by Gasteiger charge is -2.02. The third kappa shape index (κ3) is 5.42. The highest BCUT2D eigenvalue weighted by Crippen LogP contribution is 2.37. The van der Waals surface area contributed by atoms with Crippen molar-refractivity contribution in [2.45, 2.75) is 0 Å². The summed E-state index contributed by atoms with van der Waals surface area (Å²) in [6, 6.07) is 4.08. The minimum absolute atomic E-state index is 0.926. The van der Waals surface area contributed by atoms with Gasteiger partial charge in [-0.3, -0.25) is 0 Å². The van der Waals surface area contributed by atoms with E-state index in [0.29, 0.717) is 0 Å². The maximum atomic E-state index is 5.02. The van der Waals surface area contributed by atoms with Gasteiger partial charge in [0.25, 0.3) is 0 Å². The Hall–Kier alpha value is -5.26. The number of hydrogen-bond acceptors (Lipinski definition) is 2. The van der Waals surface area contributed by atoms with Crippen molar-refractivity contribution < 1.29 is 0 Å². The van der Waals surface area contributed by atoms with Crippen molar-refractivity contribution in [1.82, 2.24) is 0 Å². The standard InChI is InChI=1S/C30H6S2/c1-3-5-7-9-11-13-15-17-19-25-27-21-23-32-30(27)26(28-22-24-31-29(25)28)20-18-16-14-12-10-8-6-4-2/h1-2,21-24H. The van der Waals surface area contributed by atoms with Crippen molar-refractivity contribution >= 4 is 42.8 Å². The van der Waals surface area contributed by atoms with E-state index >= 15 is 0 Å². The lowest BCUT2D eigenvalue weighted by atomic mass is 10.0. The summed E-state index contributed by atoms with van der Waals surface area (Å²) in [6.45, 7) is 0. The third-order valence-corrected chi connectivity index (χ3v) is 5.46. The largest absolute Gasteiger partial charge is 0.142 e. The summed E-state index contributed by atoms with van der Waals surface area (Å²) >= 11 is 3.22. The zero-order chi connectivity index (χ0) is 22.4. The fourth-order valence-electron chi connectivity index (χ4n) is 2.46. The molecule has 2 heterocycles. The molecular formula is C30H6S2. The number of fused-ring (bicyclic) bond motifs is 2. The van der Waals surface area contributed by atoms with Crippen LogP contribution in [0.5, 0.6) is 0 Å². The Labute approximate surface area is 195 Å². The van der Waals surface area contributed by atoms with Crippen LogP contribution in [-0.4, -0.2) is 0 Å². The van der Waals surface area contributed by atoms with Crippen LogP contribution in [0.25, 0.3) is 20.2 Å². The first-order chi connectivity index (χ1) is 15.9. The van der Waals surface area contributed by atoms with E-state index in [1.54, 1.807) is 22.7 Å². The van der Waals surface area contributed by atoms with E-state index in [0.717, 1.165) is 31.3 Å². The first-order valence-electron chi connectivity index (χ1n) is 8.70. The van der Waals surface area contributed by atoms with Crippen LogP contribution in [0.1, 0.15) is 11.1 Å². The highest BCUT2D eigenvalue weighted by molar-refractivity contribution is 7.19. The normalized spacial score (nSPS) is 7.19. The molecule has 0 aliphatic heterocycles. The number of hydrogen-bond donors (Lipinski definition) is 0. The molecule has 0 nitrogen and oxygen atoms in total. The first kappa shape index (κ1) is 21.4. The predicted molar refractivity (Wildman–Crippen MR) is 135 cm³/mol. The minimum Gasteiger partial charge on any atom is -0.142 e. The molecule has 0 spiro atoms. The van der Waals surface area contributed by atoms with Gasteiger partial charge < -0.3 is 0 Å². The molecule has 0 fully saturated rings. The Morgan fingerprint density at radius 3 is 1.19 bits per heavy atom. The molecule has 2 aromatic heterocycles. The monoisotopic (exact) mass is 430 g/mol. The molecule has 2 heteroatoms. The second-order valence-electron chi connectivity index (χ2n) is 5.37. The van der Waals surface area contributed by atoms with E-state index < -0.39 is 0 Å². The van der Waals surface area contributed by atoms with E-state index in [9.17, 15) is 0 Å². The van der Waals surface area contributed by atoms with Crippen LogP contribution >= 0.6 is 22.7 Å². The van der Waals surface area contributed by atoms with Crippen LogP contribution in [0.2, 0.25) is 0 Å². The summed E-state index contributed by atoms with van der Waals surface area (Å²) in [6.07, 6.45) is 10.0. The molecule has 0 aliphatic rings. The molecule has 0 unspecified atom stereocenters. The second-order valence-corrected chi connectivity index (χ2v) is 7.20. The maximum absolute atomic E-state index is 5.02. The van der Waals surface area contributed by atoms with Gasteiger partial charge in [0, 0.05) is 10.8 Å². The van der Waals surface area contributed by atoms with Crippen LogP contribution in [-0.2, 0) is 0 Å². The molecular weight excluding hydrogens is 424 g/mol. The maximum Gasteiger partial charge on any atom is 0.0521 e. The highest BCUT2D eigenvalue weighted by Gasteiger charge is 2.13. The molecule has 1 aromatic carbocycles. The topological polar surface area (TPSA) is 0 Å². The van der Waals surface area contributed by atoms with Crippen LogP contribution in [0, 0.1) is 119 Å². The molecule has 0 amide bonds.